The summed E-state index contributed by atoms with van der Waals surface area (Å²) in [6.45, 7) is 12.0. The molecule has 0 aromatic rings. The molecule has 38 heavy (non-hydrogen) atoms. The highest BCUT2D eigenvalue weighted by atomic mass is 16.7. The molecule has 0 saturated heterocycles. The van der Waals surface area contributed by atoms with Crippen molar-refractivity contribution in [3.05, 3.63) is 63.3 Å². The van der Waals surface area contributed by atoms with Gasteiger partial charge in [-0.2, -0.15) is 0 Å². The van der Waals surface area contributed by atoms with E-state index in [9.17, 15) is 29.1 Å². The molecule has 210 valence electrons. The lowest BCUT2D eigenvalue weighted by molar-refractivity contribution is -0.214. The largest absolute Gasteiger partial charge is 0.462 e. The number of aliphatic hydroxyl groups excluding tert-OH is 1. The van der Waals surface area contributed by atoms with Crippen LogP contribution in [0.5, 0.6) is 0 Å². The van der Waals surface area contributed by atoms with Crippen molar-refractivity contribution in [3.63, 3.8) is 0 Å². The second kappa shape index (κ2) is 18.2. The molecule has 0 radical (unpaired) electrons. The van der Waals surface area contributed by atoms with E-state index in [4.69, 9.17) is 33.2 Å². The van der Waals surface area contributed by atoms with Crippen molar-refractivity contribution >= 4 is 29.8 Å². The zero-order chi connectivity index (χ0) is 29.0. The molecule has 0 bridgehead atoms. The average Bonchev–Trinajstić information content (AvgIpc) is 2.94. The highest BCUT2D eigenvalue weighted by Gasteiger charge is 2.39. The van der Waals surface area contributed by atoms with Crippen molar-refractivity contribution in [1.82, 2.24) is 0 Å². The third-order valence-corrected chi connectivity index (χ3v) is 4.50. The lowest BCUT2D eigenvalue weighted by Crippen LogP contribution is -2.50. The first-order valence-corrected chi connectivity index (χ1v) is 10.8. The molecule has 0 atom stereocenters. The smallest absolute Gasteiger partial charge is 0.332 e. The van der Waals surface area contributed by atoms with Gasteiger partial charge >= 0.3 is 29.8 Å². The molecule has 0 aliphatic carbocycles. The SMILES string of the molecule is C=CC(=O)OCOC(COCC(CO)(COC(=O)C=C)COC(=O)C=C)(COC(=O)C=C)COC(=O)C=C. The third kappa shape index (κ3) is 13.3. The van der Waals surface area contributed by atoms with E-state index in [1.807, 2.05) is 0 Å². The minimum Gasteiger partial charge on any atom is -0.462 e. The molecule has 0 aliphatic rings. The Hall–Kier alpha value is -4.07. The lowest BCUT2D eigenvalue weighted by Gasteiger charge is -2.35. The molecule has 13 heteroatoms. The van der Waals surface area contributed by atoms with Gasteiger partial charge in [-0.1, -0.05) is 32.9 Å². The van der Waals surface area contributed by atoms with Crippen molar-refractivity contribution in [2.75, 3.05) is 53.0 Å². The van der Waals surface area contributed by atoms with Gasteiger partial charge in [0.05, 0.1) is 25.2 Å². The Morgan fingerprint density at radius 3 is 1.29 bits per heavy atom. The van der Waals surface area contributed by atoms with E-state index in [-0.39, 0.29) is 0 Å². The molecule has 0 fully saturated rings. The van der Waals surface area contributed by atoms with Crippen LogP contribution >= 0.6 is 0 Å². The number of carbonyl (C=O) groups is 5. The van der Waals surface area contributed by atoms with Gasteiger partial charge in [0.15, 0.2) is 12.4 Å². The highest BCUT2D eigenvalue weighted by molar-refractivity contribution is 5.82. The molecule has 0 aromatic heterocycles. The monoisotopic (exact) mass is 540 g/mol. The van der Waals surface area contributed by atoms with E-state index in [0.29, 0.717) is 0 Å². The number of esters is 5. The van der Waals surface area contributed by atoms with Crippen molar-refractivity contribution in [1.29, 1.82) is 0 Å². The summed E-state index contributed by atoms with van der Waals surface area (Å²) in [5, 5.41) is 10.0. The highest BCUT2D eigenvalue weighted by Crippen LogP contribution is 2.22. The molecule has 0 aliphatic heterocycles. The molecule has 0 heterocycles. The summed E-state index contributed by atoms with van der Waals surface area (Å²) < 4.78 is 36.2. The van der Waals surface area contributed by atoms with Crippen LogP contribution in [0.25, 0.3) is 0 Å². The maximum atomic E-state index is 11.7. The maximum Gasteiger partial charge on any atom is 0.332 e. The first kappa shape index (κ1) is 33.9. The van der Waals surface area contributed by atoms with Crippen LogP contribution in [0.3, 0.4) is 0 Å². The molecule has 0 saturated carbocycles. The Bertz CT molecular complexity index is 842. The second-order valence-corrected chi connectivity index (χ2v) is 7.51. The summed E-state index contributed by atoms with van der Waals surface area (Å²) in [7, 11) is 0. The van der Waals surface area contributed by atoms with Gasteiger partial charge in [-0.15, -0.1) is 0 Å². The summed E-state index contributed by atoms with van der Waals surface area (Å²) in [5.41, 5.74) is -3.22. The molecular formula is C25H32O13. The van der Waals surface area contributed by atoms with Gasteiger partial charge in [-0.25, -0.2) is 24.0 Å². The van der Waals surface area contributed by atoms with Crippen LogP contribution in [0.2, 0.25) is 0 Å². The van der Waals surface area contributed by atoms with Gasteiger partial charge < -0.3 is 38.3 Å². The average molecular weight is 541 g/mol. The molecule has 0 aromatic carbocycles. The number of hydrogen-bond acceptors (Lipinski definition) is 13. The van der Waals surface area contributed by atoms with E-state index >= 15 is 0 Å². The molecule has 0 rings (SSSR count). The Labute approximate surface area is 219 Å². The third-order valence-electron chi connectivity index (χ3n) is 4.50. The van der Waals surface area contributed by atoms with E-state index in [2.05, 4.69) is 32.9 Å². The molecular weight excluding hydrogens is 508 g/mol. The minimum absolute atomic E-state index is 0.416. The second-order valence-electron chi connectivity index (χ2n) is 7.51. The van der Waals surface area contributed by atoms with Gasteiger partial charge in [-0.05, 0) is 0 Å². The Morgan fingerprint density at radius 1 is 0.553 bits per heavy atom. The zero-order valence-electron chi connectivity index (χ0n) is 20.9. The first-order chi connectivity index (χ1) is 18.0. The van der Waals surface area contributed by atoms with E-state index in [1.165, 1.54) is 0 Å². The van der Waals surface area contributed by atoms with Crippen LogP contribution in [0.15, 0.2) is 63.3 Å². The minimum atomic E-state index is -1.75. The van der Waals surface area contributed by atoms with Crippen LogP contribution in [-0.4, -0.2) is 93.6 Å². The molecule has 0 amide bonds. The lowest BCUT2D eigenvalue weighted by atomic mass is 9.92. The molecule has 0 spiro atoms. The quantitative estimate of drug-likeness (QED) is 0.0916. The maximum absolute atomic E-state index is 11.7. The summed E-state index contributed by atoms with van der Waals surface area (Å²) >= 11 is 0. The fraction of sp³-hybridized carbons (Fsp3) is 0.400. The molecule has 13 nitrogen and oxygen atoms in total. The number of carbonyl (C=O) groups excluding carboxylic acids is 5. The van der Waals surface area contributed by atoms with E-state index in [1.54, 1.807) is 0 Å². The zero-order valence-corrected chi connectivity index (χ0v) is 20.9. The fourth-order valence-corrected chi connectivity index (χ4v) is 2.33. The first-order valence-electron chi connectivity index (χ1n) is 10.8. The number of hydrogen-bond donors (Lipinski definition) is 1. The van der Waals surface area contributed by atoms with Gasteiger partial charge in [0.1, 0.15) is 26.4 Å². The van der Waals surface area contributed by atoms with Crippen molar-refractivity contribution in [2.45, 2.75) is 5.60 Å². The van der Waals surface area contributed by atoms with E-state index < -0.39 is 93.9 Å². The fourth-order valence-electron chi connectivity index (χ4n) is 2.33. The van der Waals surface area contributed by atoms with Crippen LogP contribution in [0.1, 0.15) is 0 Å². The van der Waals surface area contributed by atoms with Gasteiger partial charge in [0, 0.05) is 30.4 Å². The van der Waals surface area contributed by atoms with Crippen molar-refractivity contribution in [2.24, 2.45) is 5.41 Å². The van der Waals surface area contributed by atoms with Crippen molar-refractivity contribution in [3.8, 4) is 0 Å². The Kier molecular flexibility index (Phi) is 16.3. The predicted molar refractivity (Wildman–Crippen MR) is 130 cm³/mol. The molecule has 0 unspecified atom stereocenters. The van der Waals surface area contributed by atoms with E-state index in [0.717, 1.165) is 30.4 Å². The van der Waals surface area contributed by atoms with Gasteiger partial charge in [0.2, 0.25) is 0 Å². The van der Waals surface area contributed by atoms with Gasteiger partial charge in [-0.3, -0.25) is 0 Å². The summed E-state index contributed by atoms with van der Waals surface area (Å²) in [5.74, 6) is -4.17. The predicted octanol–water partition coefficient (Wildman–Crippen LogP) is 0.341. The van der Waals surface area contributed by atoms with Crippen LogP contribution < -0.4 is 0 Å². The summed E-state index contributed by atoms with van der Waals surface area (Å²) in [6.07, 6.45) is 4.41. The van der Waals surface area contributed by atoms with Crippen LogP contribution in [0.4, 0.5) is 0 Å². The molecule has 1 N–H and O–H groups in total. The Balaban J connectivity index is 5.92. The standard InChI is InChI=1S/C25H32O13/c1-6-19(27)33-13-24(11-26,14-34-20(28)7-2)12-32-15-25(16-35-21(29)8-3,17-36-22(30)9-4)38-18-37-23(31)10-5/h6-10,26H,1-5,11-18H2. The topological polar surface area (TPSA) is 170 Å². The summed E-state index contributed by atoms with van der Waals surface area (Å²) in [4.78, 5) is 58.0. The number of rotatable bonds is 21. The van der Waals surface area contributed by atoms with Crippen LogP contribution in [0, 0.1) is 5.41 Å². The number of ether oxygens (including phenoxy) is 7. The van der Waals surface area contributed by atoms with Crippen LogP contribution in [-0.2, 0) is 57.1 Å². The normalized spacial score (nSPS) is 10.8. The number of aliphatic hydroxyl groups is 1. The summed E-state index contributed by atoms with van der Waals surface area (Å²) in [6, 6.07) is 0. The Morgan fingerprint density at radius 2 is 0.921 bits per heavy atom. The van der Waals surface area contributed by atoms with Crippen molar-refractivity contribution < 1.29 is 62.2 Å². The van der Waals surface area contributed by atoms with Gasteiger partial charge in [0.25, 0.3) is 0 Å².